The number of hydrogen-bond donors (Lipinski definition) is 1. The molecule has 1 aromatic rings. The number of benzene rings is 1. The molecule has 0 fully saturated rings. The van der Waals surface area contributed by atoms with E-state index in [0.717, 1.165) is 29.8 Å². The monoisotopic (exact) mass is 389 g/mol. The van der Waals surface area contributed by atoms with Crippen molar-refractivity contribution in [3.05, 3.63) is 28.7 Å². The van der Waals surface area contributed by atoms with Crippen LogP contribution >= 0.6 is 15.9 Å². The van der Waals surface area contributed by atoms with E-state index in [0.29, 0.717) is 11.4 Å². The van der Waals surface area contributed by atoms with Crippen molar-refractivity contribution >= 4 is 31.7 Å². The summed E-state index contributed by atoms with van der Waals surface area (Å²) in [6.45, 7) is 3.37. The highest BCUT2D eigenvalue weighted by atomic mass is 79.9. The number of sulfone groups is 1. The van der Waals surface area contributed by atoms with E-state index in [1.54, 1.807) is 31.3 Å². The van der Waals surface area contributed by atoms with Crippen molar-refractivity contribution in [3.8, 4) is 0 Å². The molecule has 0 unspecified atom stereocenters. The van der Waals surface area contributed by atoms with E-state index >= 15 is 0 Å². The second-order valence-electron chi connectivity index (χ2n) is 5.02. The summed E-state index contributed by atoms with van der Waals surface area (Å²) in [7, 11) is 0.375. The van der Waals surface area contributed by atoms with Gasteiger partial charge in [0.25, 0.3) is 0 Å². The lowest BCUT2D eigenvalue weighted by molar-refractivity contribution is 0.466. The van der Waals surface area contributed by atoms with Crippen LogP contribution in [0.15, 0.2) is 38.6 Å². The Balaban J connectivity index is 2.56. The zero-order chi connectivity index (χ0) is 16.6. The zero-order valence-corrected chi connectivity index (χ0v) is 15.7. The van der Waals surface area contributed by atoms with Crippen LogP contribution in [0.3, 0.4) is 0 Å². The van der Waals surface area contributed by atoms with Crippen molar-refractivity contribution in [1.82, 2.24) is 10.2 Å². The molecule has 0 saturated heterocycles. The molecule has 0 aliphatic rings. The molecular formula is C15H24BrN3O2S. The van der Waals surface area contributed by atoms with Gasteiger partial charge in [-0.25, -0.2) is 8.42 Å². The van der Waals surface area contributed by atoms with E-state index in [1.165, 1.54) is 0 Å². The number of nitrogens with one attached hydrogen (secondary N) is 1. The van der Waals surface area contributed by atoms with Gasteiger partial charge in [-0.15, -0.1) is 0 Å². The summed E-state index contributed by atoms with van der Waals surface area (Å²) >= 11 is 3.30. The molecule has 22 heavy (non-hydrogen) atoms. The third kappa shape index (κ3) is 5.96. The van der Waals surface area contributed by atoms with Gasteiger partial charge in [0.15, 0.2) is 15.8 Å². The normalized spacial score (nSPS) is 12.3. The Morgan fingerprint density at radius 3 is 2.50 bits per heavy atom. The van der Waals surface area contributed by atoms with Gasteiger partial charge in [-0.1, -0.05) is 29.3 Å². The number of guanidine groups is 1. The molecule has 1 rings (SSSR count). The first-order valence-corrected chi connectivity index (χ1v) is 9.75. The Morgan fingerprint density at radius 1 is 1.32 bits per heavy atom. The van der Waals surface area contributed by atoms with Gasteiger partial charge in [0.1, 0.15) is 0 Å². The van der Waals surface area contributed by atoms with Crippen LogP contribution in [0.1, 0.15) is 19.8 Å². The van der Waals surface area contributed by atoms with Crippen LogP contribution in [0.25, 0.3) is 0 Å². The molecule has 1 N–H and O–H groups in total. The summed E-state index contributed by atoms with van der Waals surface area (Å²) in [5.74, 6) is 0.759. The van der Waals surface area contributed by atoms with Crippen molar-refractivity contribution in [1.29, 1.82) is 0 Å². The van der Waals surface area contributed by atoms with Crippen LogP contribution in [-0.4, -0.2) is 52.2 Å². The molecule has 0 radical (unpaired) electrons. The smallest absolute Gasteiger partial charge is 0.193 e. The molecule has 0 aromatic heterocycles. The summed E-state index contributed by atoms with van der Waals surface area (Å²) in [6.07, 6.45) is 2.19. The maximum absolute atomic E-state index is 12.2. The third-order valence-corrected chi connectivity index (χ3v) is 5.51. The van der Waals surface area contributed by atoms with Gasteiger partial charge in [-0.3, -0.25) is 4.99 Å². The van der Waals surface area contributed by atoms with Crippen molar-refractivity contribution in [3.63, 3.8) is 0 Å². The molecule has 0 atom stereocenters. The molecule has 0 spiro atoms. The van der Waals surface area contributed by atoms with E-state index in [-0.39, 0.29) is 5.75 Å². The first kappa shape index (κ1) is 19.0. The SMILES string of the molecule is CCCCN(C)C(=NC)NCCS(=O)(=O)c1ccc(Br)cc1. The molecule has 0 aliphatic carbocycles. The van der Waals surface area contributed by atoms with Crippen LogP contribution in [0.2, 0.25) is 0 Å². The minimum atomic E-state index is -3.28. The predicted molar refractivity (Wildman–Crippen MR) is 95.1 cm³/mol. The summed E-state index contributed by atoms with van der Waals surface area (Å²) < 4.78 is 25.4. The number of unbranched alkanes of at least 4 members (excludes halogenated alkanes) is 1. The topological polar surface area (TPSA) is 61.8 Å². The lowest BCUT2D eigenvalue weighted by atomic mass is 10.3. The van der Waals surface area contributed by atoms with Crippen molar-refractivity contribution in [2.45, 2.75) is 24.7 Å². The summed E-state index contributed by atoms with van der Waals surface area (Å²) in [4.78, 5) is 6.52. The molecule has 5 nitrogen and oxygen atoms in total. The molecule has 0 saturated carbocycles. The van der Waals surface area contributed by atoms with Crippen molar-refractivity contribution in [2.75, 3.05) is 32.9 Å². The maximum Gasteiger partial charge on any atom is 0.193 e. The van der Waals surface area contributed by atoms with Crippen molar-refractivity contribution in [2.24, 2.45) is 4.99 Å². The second-order valence-corrected chi connectivity index (χ2v) is 8.05. The minimum Gasteiger partial charge on any atom is -0.355 e. The van der Waals surface area contributed by atoms with Crippen molar-refractivity contribution < 1.29 is 8.42 Å². The Hall–Kier alpha value is -1.08. The molecule has 0 bridgehead atoms. The van der Waals surface area contributed by atoms with E-state index in [9.17, 15) is 8.42 Å². The average molecular weight is 390 g/mol. The molecule has 0 amide bonds. The first-order valence-electron chi connectivity index (χ1n) is 7.31. The van der Waals surface area contributed by atoms with Gasteiger partial charge >= 0.3 is 0 Å². The minimum absolute atomic E-state index is 0.0370. The van der Waals surface area contributed by atoms with E-state index in [1.807, 2.05) is 11.9 Å². The van der Waals surface area contributed by atoms with Crippen LogP contribution in [0, 0.1) is 0 Å². The predicted octanol–water partition coefficient (Wildman–Crippen LogP) is 2.53. The fourth-order valence-electron chi connectivity index (χ4n) is 1.94. The number of rotatable bonds is 7. The number of nitrogens with zero attached hydrogens (tertiary/aromatic N) is 2. The van der Waals surface area contributed by atoms with Gasteiger partial charge in [-0.2, -0.15) is 0 Å². The second kappa shape index (κ2) is 9.15. The van der Waals surface area contributed by atoms with Gasteiger partial charge in [0.05, 0.1) is 10.6 Å². The van der Waals surface area contributed by atoms with Gasteiger partial charge in [0, 0.05) is 31.7 Å². The maximum atomic E-state index is 12.2. The van der Waals surface area contributed by atoms with E-state index < -0.39 is 9.84 Å². The summed E-state index contributed by atoms with van der Waals surface area (Å²) in [5.41, 5.74) is 0. The number of aliphatic imine (C=N–C) groups is 1. The fraction of sp³-hybridized carbons (Fsp3) is 0.533. The molecule has 1 aromatic carbocycles. The summed E-state index contributed by atoms with van der Waals surface area (Å²) in [5, 5.41) is 3.10. The first-order chi connectivity index (χ1) is 10.4. The fourth-order valence-corrected chi connectivity index (χ4v) is 3.36. The van der Waals surface area contributed by atoms with Crippen LogP contribution in [0.5, 0.6) is 0 Å². The van der Waals surface area contributed by atoms with Gasteiger partial charge in [0.2, 0.25) is 0 Å². The Kier molecular flexibility index (Phi) is 7.89. The standard InChI is InChI=1S/C15H24BrN3O2S/c1-4-5-11-19(3)15(17-2)18-10-12-22(20,21)14-8-6-13(16)7-9-14/h6-9H,4-5,10-12H2,1-3H3,(H,17,18). The Bertz CT molecular complexity index is 585. The average Bonchev–Trinajstić information content (AvgIpc) is 2.49. The highest BCUT2D eigenvalue weighted by Crippen LogP contribution is 2.15. The molecule has 0 heterocycles. The Morgan fingerprint density at radius 2 is 1.95 bits per heavy atom. The summed E-state index contributed by atoms with van der Waals surface area (Å²) in [6, 6.07) is 6.69. The number of halogens is 1. The quantitative estimate of drug-likeness (QED) is 0.574. The van der Waals surface area contributed by atoms with Gasteiger partial charge < -0.3 is 10.2 Å². The largest absolute Gasteiger partial charge is 0.355 e. The highest BCUT2D eigenvalue weighted by molar-refractivity contribution is 9.10. The lowest BCUT2D eigenvalue weighted by Gasteiger charge is -2.21. The van der Waals surface area contributed by atoms with Gasteiger partial charge in [-0.05, 0) is 30.7 Å². The zero-order valence-electron chi connectivity index (χ0n) is 13.3. The molecule has 0 aliphatic heterocycles. The van der Waals surface area contributed by atoms with E-state index in [2.05, 4.69) is 33.2 Å². The van der Waals surface area contributed by atoms with Crippen LogP contribution in [-0.2, 0) is 9.84 Å². The molecule has 124 valence electrons. The molecular weight excluding hydrogens is 366 g/mol. The lowest BCUT2D eigenvalue weighted by Crippen LogP contribution is -2.41. The Labute approximate surface area is 141 Å². The van der Waals surface area contributed by atoms with E-state index in [4.69, 9.17) is 0 Å². The number of hydrogen-bond acceptors (Lipinski definition) is 3. The highest BCUT2D eigenvalue weighted by Gasteiger charge is 2.14. The molecule has 7 heteroatoms. The third-order valence-electron chi connectivity index (χ3n) is 3.25. The van der Waals surface area contributed by atoms with Crippen LogP contribution in [0.4, 0.5) is 0 Å². The van der Waals surface area contributed by atoms with Crippen LogP contribution < -0.4 is 5.32 Å².